The van der Waals surface area contributed by atoms with Crippen molar-refractivity contribution >= 4 is 11.4 Å². The van der Waals surface area contributed by atoms with Gasteiger partial charge in [-0.15, -0.1) is 0 Å². The van der Waals surface area contributed by atoms with Crippen LogP contribution in [0.3, 0.4) is 0 Å². The van der Waals surface area contributed by atoms with Gasteiger partial charge in [0.15, 0.2) is 5.60 Å². The molecule has 0 saturated heterocycles. The summed E-state index contributed by atoms with van der Waals surface area (Å²) in [6, 6.07) is 28.4. The molecule has 0 amide bonds. The zero-order chi connectivity index (χ0) is 16.1. The van der Waals surface area contributed by atoms with Crippen molar-refractivity contribution in [3.8, 4) is 0 Å². The molecule has 3 aromatic carbocycles. The highest BCUT2D eigenvalue weighted by molar-refractivity contribution is 7.74. The van der Waals surface area contributed by atoms with Crippen LogP contribution in [-0.2, 0) is 21.1 Å². The highest BCUT2D eigenvalue weighted by atomic mass is 32.2. The molecule has 1 N–H and O–H groups in total. The molecule has 0 aromatic heterocycles. The summed E-state index contributed by atoms with van der Waals surface area (Å²) >= 11 is -2.44. The van der Waals surface area contributed by atoms with Crippen molar-refractivity contribution < 1.29 is 12.9 Å². The molecule has 0 radical (unpaired) electrons. The monoisotopic (exact) mass is 324 g/mol. The van der Waals surface area contributed by atoms with E-state index >= 15 is 0 Å². The van der Waals surface area contributed by atoms with Gasteiger partial charge in [0.2, 0.25) is 0 Å². The quantitative estimate of drug-likeness (QED) is 0.567. The van der Waals surface area contributed by atoms with Gasteiger partial charge in [0.1, 0.15) is 0 Å². The molecule has 0 bridgehead atoms. The molecule has 0 fully saturated rings. The topological polar surface area (TPSA) is 46.5 Å². The Morgan fingerprint density at radius 1 is 0.652 bits per heavy atom. The van der Waals surface area contributed by atoms with Gasteiger partial charge in [-0.25, -0.2) is 4.18 Å². The van der Waals surface area contributed by atoms with Crippen LogP contribution in [0.2, 0.25) is 0 Å². The number of rotatable bonds is 5. The number of benzene rings is 3. The minimum Gasteiger partial charge on any atom is -0.284 e. The molecule has 23 heavy (non-hydrogen) atoms. The van der Waals surface area contributed by atoms with Crippen LogP contribution in [0.25, 0.3) is 0 Å². The molecule has 0 aliphatic carbocycles. The van der Waals surface area contributed by atoms with Crippen molar-refractivity contribution in [1.29, 1.82) is 0 Å². The Labute approximate surface area is 138 Å². The van der Waals surface area contributed by atoms with Crippen LogP contribution < -0.4 is 0 Å². The molecule has 0 heterocycles. The Morgan fingerprint density at radius 3 is 1.22 bits per heavy atom. The summed E-state index contributed by atoms with van der Waals surface area (Å²) in [5, 5.41) is 0. The van der Waals surface area contributed by atoms with E-state index in [4.69, 9.17) is 4.18 Å². The summed E-state index contributed by atoms with van der Waals surface area (Å²) in [7, 11) is 0. The lowest BCUT2D eigenvalue weighted by atomic mass is 9.80. The summed E-state index contributed by atoms with van der Waals surface area (Å²) in [5.74, 6) is 0. The molecule has 1 unspecified atom stereocenters. The summed E-state index contributed by atoms with van der Waals surface area (Å²) in [5.41, 5.74) is 1.23. The zero-order valence-corrected chi connectivity index (χ0v) is 13.1. The second kappa shape index (κ2) is 6.87. The van der Waals surface area contributed by atoms with E-state index in [1.54, 1.807) is 0 Å². The maximum absolute atomic E-state index is 11.6. The third-order valence-corrected chi connectivity index (χ3v) is 4.13. The van der Waals surface area contributed by atoms with Crippen molar-refractivity contribution in [3.63, 3.8) is 0 Å². The Morgan fingerprint density at radius 2 is 0.957 bits per heavy atom. The minimum atomic E-state index is -2.44. The van der Waals surface area contributed by atoms with Gasteiger partial charge < -0.3 is 0 Å². The van der Waals surface area contributed by atoms with Crippen molar-refractivity contribution in [2.45, 2.75) is 5.60 Å². The van der Waals surface area contributed by atoms with Gasteiger partial charge in [-0.05, 0) is 16.7 Å². The molecule has 0 aliphatic rings. The van der Waals surface area contributed by atoms with E-state index in [1.165, 1.54) is 0 Å². The first-order valence-electron chi connectivity index (χ1n) is 7.20. The van der Waals surface area contributed by atoms with E-state index in [0.29, 0.717) is 0 Å². The van der Waals surface area contributed by atoms with Crippen LogP contribution in [0.4, 0.5) is 0 Å². The van der Waals surface area contributed by atoms with Gasteiger partial charge >= 0.3 is 11.4 Å². The van der Waals surface area contributed by atoms with Gasteiger partial charge in [0, 0.05) is 0 Å². The van der Waals surface area contributed by atoms with E-state index in [2.05, 4.69) is 0 Å². The Balaban J connectivity index is 2.32. The average molecular weight is 324 g/mol. The molecule has 0 spiro atoms. The van der Waals surface area contributed by atoms with Gasteiger partial charge in [-0.1, -0.05) is 91.0 Å². The van der Waals surface area contributed by atoms with Crippen LogP contribution in [0.15, 0.2) is 91.0 Å². The molecule has 0 aliphatic heterocycles. The molecule has 4 heteroatoms. The second-order valence-corrected chi connectivity index (χ2v) is 5.68. The Kier molecular flexibility index (Phi) is 4.67. The van der Waals surface area contributed by atoms with Crippen molar-refractivity contribution in [2.24, 2.45) is 0 Å². The molecule has 116 valence electrons. The maximum atomic E-state index is 11.6. The van der Waals surface area contributed by atoms with Gasteiger partial charge in [0.25, 0.3) is 0 Å². The Hall–Kier alpha value is -2.27. The van der Waals surface area contributed by atoms with Crippen LogP contribution in [-0.4, -0.2) is 8.76 Å². The summed E-state index contributed by atoms with van der Waals surface area (Å²) < 4.78 is 26.8. The average Bonchev–Trinajstić information content (AvgIpc) is 2.62. The van der Waals surface area contributed by atoms with Gasteiger partial charge in [-0.2, -0.15) is 4.21 Å². The van der Waals surface area contributed by atoms with Crippen molar-refractivity contribution in [3.05, 3.63) is 108 Å². The predicted octanol–water partition coefficient (Wildman–Crippen LogP) is 4.13. The molecule has 0 saturated carbocycles. The lowest BCUT2D eigenvalue weighted by molar-refractivity contribution is 0.159. The van der Waals surface area contributed by atoms with Gasteiger partial charge in [-0.3, -0.25) is 4.55 Å². The van der Waals surface area contributed by atoms with Crippen molar-refractivity contribution in [1.82, 2.24) is 0 Å². The lowest BCUT2D eigenvalue weighted by Gasteiger charge is -2.33. The third-order valence-electron chi connectivity index (χ3n) is 3.74. The molecule has 1 atom stereocenters. The van der Waals surface area contributed by atoms with Crippen LogP contribution in [0, 0.1) is 0 Å². The van der Waals surface area contributed by atoms with Crippen LogP contribution in [0.1, 0.15) is 16.7 Å². The van der Waals surface area contributed by atoms with Crippen LogP contribution in [0.5, 0.6) is 0 Å². The fourth-order valence-corrected chi connectivity index (χ4v) is 3.27. The first-order valence-corrected chi connectivity index (χ1v) is 8.23. The van der Waals surface area contributed by atoms with Crippen molar-refractivity contribution in [2.75, 3.05) is 0 Å². The molecular weight excluding hydrogens is 308 g/mol. The normalized spacial score (nSPS) is 12.7. The first kappa shape index (κ1) is 15.6. The van der Waals surface area contributed by atoms with Gasteiger partial charge in [0.05, 0.1) is 0 Å². The zero-order valence-electron chi connectivity index (χ0n) is 12.3. The molecule has 3 nitrogen and oxygen atoms in total. The predicted molar refractivity (Wildman–Crippen MR) is 91.1 cm³/mol. The summed E-state index contributed by atoms with van der Waals surface area (Å²) in [6.45, 7) is 0. The first-order chi connectivity index (χ1) is 11.2. The fourth-order valence-electron chi connectivity index (χ4n) is 2.77. The fraction of sp³-hybridized carbons (Fsp3) is 0.0526. The minimum absolute atomic E-state index is 0.791. The highest BCUT2D eigenvalue weighted by Gasteiger charge is 2.39. The third kappa shape index (κ3) is 3.10. The SMILES string of the molecule is O=S(O)OC(c1ccccc1)(c1ccccc1)c1ccccc1. The Bertz CT molecular complexity index is 677. The highest BCUT2D eigenvalue weighted by Crippen LogP contribution is 2.40. The molecular formula is C19H16O3S. The van der Waals surface area contributed by atoms with Crippen LogP contribution >= 0.6 is 0 Å². The number of hydrogen-bond donors (Lipinski definition) is 1. The molecule has 3 aromatic rings. The largest absolute Gasteiger partial charge is 0.303 e. The summed E-state index contributed by atoms with van der Waals surface area (Å²) in [6.07, 6.45) is 0. The molecule has 3 rings (SSSR count). The van der Waals surface area contributed by atoms with E-state index in [1.807, 2.05) is 91.0 Å². The van der Waals surface area contributed by atoms with E-state index in [0.717, 1.165) is 16.7 Å². The summed E-state index contributed by atoms with van der Waals surface area (Å²) in [4.78, 5) is 0. The van der Waals surface area contributed by atoms with E-state index < -0.39 is 17.0 Å². The number of hydrogen-bond acceptors (Lipinski definition) is 2. The lowest BCUT2D eigenvalue weighted by Crippen LogP contribution is -2.33. The second-order valence-electron chi connectivity index (χ2n) is 5.08. The standard InChI is InChI=1S/C19H16O3S/c20-23(21)22-19(16-10-4-1-5-11-16,17-12-6-2-7-13-17)18-14-8-3-9-15-18/h1-15H,(H,20,21). The smallest absolute Gasteiger partial charge is 0.284 e. The van der Waals surface area contributed by atoms with E-state index in [-0.39, 0.29) is 0 Å². The van der Waals surface area contributed by atoms with E-state index in [9.17, 15) is 8.76 Å². The maximum Gasteiger partial charge on any atom is 0.303 e.